The number of hydrogen-bond acceptors (Lipinski definition) is 6. The normalized spacial score (nSPS) is 14.7. The van der Waals surface area contributed by atoms with E-state index in [2.05, 4.69) is 4.90 Å². The molecule has 0 saturated heterocycles. The molecule has 38 heavy (non-hydrogen) atoms. The minimum Gasteiger partial charge on any atom is -0.427 e. The number of nitro groups is 1. The van der Waals surface area contributed by atoms with E-state index in [0.29, 0.717) is 24.5 Å². The monoisotopic (exact) mass is 507 g/mol. The van der Waals surface area contributed by atoms with Crippen molar-refractivity contribution in [3.05, 3.63) is 135 Å². The van der Waals surface area contributed by atoms with Crippen molar-refractivity contribution in [3.8, 4) is 5.75 Å². The fourth-order valence-electron chi connectivity index (χ4n) is 4.75. The maximum absolute atomic E-state index is 14.0. The lowest BCUT2D eigenvalue weighted by Crippen LogP contribution is -2.48. The maximum Gasteiger partial charge on any atom is 0.308 e. The Hall–Kier alpha value is -4.98. The molecule has 1 amide bonds. The molecule has 4 aromatic carbocycles. The van der Waals surface area contributed by atoms with Gasteiger partial charge in [0.1, 0.15) is 11.9 Å². The molecule has 1 atom stereocenters. The summed E-state index contributed by atoms with van der Waals surface area (Å²) in [7, 11) is 0. The number of ether oxygens (including phenoxy) is 1. The van der Waals surface area contributed by atoms with Gasteiger partial charge in [-0.1, -0.05) is 72.8 Å². The predicted octanol–water partition coefficient (Wildman–Crippen LogP) is 5.88. The summed E-state index contributed by atoms with van der Waals surface area (Å²) in [4.78, 5) is 40.3. The lowest BCUT2D eigenvalue weighted by atomic mass is 9.98. The Kier molecular flexibility index (Phi) is 6.86. The molecule has 5 rings (SSSR count). The highest BCUT2D eigenvalue weighted by atomic mass is 16.6. The SMILES string of the molecule is CC(=O)Oc1ccc([C@H]2N(Cc3ccccc3)C(=O)c3cc([N+](=O)[O-])ccc3N2Cc2ccccc2)cc1. The fraction of sp³-hybridized carbons (Fsp3) is 0.133. The van der Waals surface area contributed by atoms with Crippen molar-refractivity contribution in [1.29, 1.82) is 0 Å². The zero-order valence-corrected chi connectivity index (χ0v) is 20.7. The highest BCUT2D eigenvalue weighted by Gasteiger charge is 2.39. The van der Waals surface area contributed by atoms with Crippen molar-refractivity contribution >= 4 is 23.3 Å². The molecule has 4 aromatic rings. The minimum atomic E-state index is -0.525. The van der Waals surface area contributed by atoms with Crippen LogP contribution < -0.4 is 9.64 Å². The van der Waals surface area contributed by atoms with E-state index in [9.17, 15) is 19.7 Å². The van der Waals surface area contributed by atoms with Gasteiger partial charge in [0.25, 0.3) is 11.6 Å². The molecule has 8 heteroatoms. The molecule has 0 aromatic heterocycles. The number of esters is 1. The van der Waals surface area contributed by atoms with Crippen LogP contribution >= 0.6 is 0 Å². The standard InChI is InChI=1S/C30H25N3O5/c1-21(34)38-26-15-12-24(13-16-26)29-31(19-22-8-4-2-5-9-22)28-17-14-25(33(36)37)18-27(28)30(35)32(29)20-23-10-6-3-7-11-23/h2-18,29H,19-20H2,1H3/t29-/m1/s1. The number of carbonyl (C=O) groups is 2. The lowest BCUT2D eigenvalue weighted by Gasteiger charge is -2.46. The Morgan fingerprint density at radius 2 is 1.42 bits per heavy atom. The first-order chi connectivity index (χ1) is 18.4. The van der Waals surface area contributed by atoms with E-state index in [1.807, 2.05) is 72.8 Å². The van der Waals surface area contributed by atoms with E-state index in [-0.39, 0.29) is 17.2 Å². The van der Waals surface area contributed by atoms with Gasteiger partial charge in [0.15, 0.2) is 0 Å². The quantitative estimate of drug-likeness (QED) is 0.134. The number of nitro benzene ring substituents is 1. The number of rotatable bonds is 7. The Morgan fingerprint density at radius 3 is 1.97 bits per heavy atom. The first-order valence-electron chi connectivity index (χ1n) is 12.1. The predicted molar refractivity (Wildman–Crippen MR) is 143 cm³/mol. The van der Waals surface area contributed by atoms with Crippen LogP contribution in [0.15, 0.2) is 103 Å². The number of anilines is 1. The van der Waals surface area contributed by atoms with Crippen LogP contribution in [0, 0.1) is 10.1 Å². The molecular formula is C30H25N3O5. The number of non-ortho nitro benzene ring substituents is 1. The average molecular weight is 508 g/mol. The Bertz CT molecular complexity index is 1470. The minimum absolute atomic E-state index is 0.138. The van der Waals surface area contributed by atoms with Gasteiger partial charge in [-0.05, 0) is 34.9 Å². The number of carbonyl (C=O) groups excluding carboxylic acids is 2. The van der Waals surface area contributed by atoms with E-state index in [1.165, 1.54) is 19.1 Å². The molecule has 0 spiro atoms. The van der Waals surface area contributed by atoms with Gasteiger partial charge in [-0.15, -0.1) is 0 Å². The largest absolute Gasteiger partial charge is 0.427 e. The Labute approximate surface area is 219 Å². The third-order valence-electron chi connectivity index (χ3n) is 6.41. The van der Waals surface area contributed by atoms with Crippen molar-refractivity contribution in [2.75, 3.05) is 4.90 Å². The third kappa shape index (κ3) is 5.10. The third-order valence-corrected chi connectivity index (χ3v) is 6.41. The summed E-state index contributed by atoms with van der Waals surface area (Å²) in [6.07, 6.45) is -0.525. The molecule has 0 fully saturated rings. The van der Waals surface area contributed by atoms with Gasteiger partial charge in [0.05, 0.1) is 16.2 Å². The average Bonchev–Trinajstić information content (AvgIpc) is 2.92. The smallest absolute Gasteiger partial charge is 0.308 e. The maximum atomic E-state index is 14.0. The molecule has 1 aliphatic heterocycles. The number of fused-ring (bicyclic) bond motifs is 1. The number of benzene rings is 4. The summed E-state index contributed by atoms with van der Waals surface area (Å²) < 4.78 is 5.22. The molecule has 0 aliphatic carbocycles. The van der Waals surface area contributed by atoms with Gasteiger partial charge in [-0.3, -0.25) is 19.7 Å². The lowest BCUT2D eigenvalue weighted by molar-refractivity contribution is -0.384. The summed E-state index contributed by atoms with van der Waals surface area (Å²) in [6, 6.07) is 31.0. The summed E-state index contributed by atoms with van der Waals surface area (Å²) in [6.45, 7) is 2.09. The molecule has 0 bridgehead atoms. The second kappa shape index (κ2) is 10.6. The number of amides is 1. The topological polar surface area (TPSA) is 93.0 Å². The van der Waals surface area contributed by atoms with Crippen LogP contribution in [0.1, 0.15) is 40.1 Å². The first-order valence-corrected chi connectivity index (χ1v) is 12.1. The van der Waals surface area contributed by atoms with E-state index in [0.717, 1.165) is 16.7 Å². The van der Waals surface area contributed by atoms with Crippen LogP contribution in [0.25, 0.3) is 0 Å². The zero-order valence-electron chi connectivity index (χ0n) is 20.7. The molecule has 0 unspecified atom stereocenters. The Morgan fingerprint density at radius 1 is 0.842 bits per heavy atom. The van der Waals surface area contributed by atoms with Gasteiger partial charge in [0.2, 0.25) is 0 Å². The van der Waals surface area contributed by atoms with E-state index < -0.39 is 17.1 Å². The van der Waals surface area contributed by atoms with E-state index >= 15 is 0 Å². The van der Waals surface area contributed by atoms with Crippen LogP contribution in [0.5, 0.6) is 5.75 Å². The molecule has 0 N–H and O–H groups in total. The molecule has 8 nitrogen and oxygen atoms in total. The summed E-state index contributed by atoms with van der Waals surface area (Å²) in [5.74, 6) is -0.313. The van der Waals surface area contributed by atoms with Crippen LogP contribution in [0.3, 0.4) is 0 Å². The van der Waals surface area contributed by atoms with Crippen LogP contribution in [0.2, 0.25) is 0 Å². The molecule has 1 heterocycles. The zero-order chi connectivity index (χ0) is 26.6. The van der Waals surface area contributed by atoms with Gasteiger partial charge < -0.3 is 14.5 Å². The molecule has 0 saturated carbocycles. The van der Waals surface area contributed by atoms with Gasteiger partial charge in [-0.25, -0.2) is 0 Å². The van der Waals surface area contributed by atoms with Crippen LogP contribution in [0.4, 0.5) is 11.4 Å². The number of nitrogens with zero attached hydrogens (tertiary/aromatic N) is 3. The highest BCUT2D eigenvalue weighted by molar-refractivity contribution is 6.02. The second-order valence-corrected chi connectivity index (χ2v) is 9.03. The molecular weight excluding hydrogens is 482 g/mol. The van der Waals surface area contributed by atoms with Crippen LogP contribution in [-0.2, 0) is 17.9 Å². The molecule has 0 radical (unpaired) electrons. The van der Waals surface area contributed by atoms with E-state index in [1.54, 1.807) is 23.1 Å². The highest BCUT2D eigenvalue weighted by Crippen LogP contribution is 2.42. The second-order valence-electron chi connectivity index (χ2n) is 9.03. The van der Waals surface area contributed by atoms with E-state index in [4.69, 9.17) is 4.74 Å². The molecule has 1 aliphatic rings. The van der Waals surface area contributed by atoms with Crippen molar-refractivity contribution in [1.82, 2.24) is 4.90 Å². The van der Waals surface area contributed by atoms with Gasteiger partial charge >= 0.3 is 5.97 Å². The molecule has 190 valence electrons. The Balaban J connectivity index is 1.67. The van der Waals surface area contributed by atoms with Crippen molar-refractivity contribution < 1.29 is 19.2 Å². The summed E-state index contributed by atoms with van der Waals surface area (Å²) in [5, 5.41) is 11.6. The van der Waals surface area contributed by atoms with Crippen molar-refractivity contribution in [2.24, 2.45) is 0 Å². The van der Waals surface area contributed by atoms with Gasteiger partial charge in [0, 0.05) is 32.1 Å². The van der Waals surface area contributed by atoms with Crippen molar-refractivity contribution in [3.63, 3.8) is 0 Å². The number of hydrogen-bond donors (Lipinski definition) is 0. The summed E-state index contributed by atoms with van der Waals surface area (Å²) in [5.41, 5.74) is 3.51. The first kappa shape index (κ1) is 24.7. The van der Waals surface area contributed by atoms with Crippen LogP contribution in [-0.4, -0.2) is 21.7 Å². The van der Waals surface area contributed by atoms with Gasteiger partial charge in [-0.2, -0.15) is 0 Å². The fourth-order valence-corrected chi connectivity index (χ4v) is 4.75. The van der Waals surface area contributed by atoms with Crippen molar-refractivity contribution in [2.45, 2.75) is 26.2 Å². The summed E-state index contributed by atoms with van der Waals surface area (Å²) >= 11 is 0.